The number of carbonyl (C=O) groups excluding carboxylic acids is 1. The Morgan fingerprint density at radius 1 is 1.00 bits per heavy atom. The molecule has 152 valence electrons. The normalized spacial score (nSPS) is 13.1. The van der Waals surface area contributed by atoms with E-state index in [1.807, 2.05) is 30.3 Å². The van der Waals surface area contributed by atoms with Gasteiger partial charge in [-0.1, -0.05) is 48.5 Å². The van der Waals surface area contributed by atoms with E-state index in [9.17, 15) is 14.7 Å². The summed E-state index contributed by atoms with van der Waals surface area (Å²) in [6, 6.07) is 19.9. The minimum atomic E-state index is -1.36. The van der Waals surface area contributed by atoms with Crippen molar-refractivity contribution in [1.29, 1.82) is 0 Å². The van der Waals surface area contributed by atoms with Crippen LogP contribution in [0.25, 0.3) is 21.9 Å². The summed E-state index contributed by atoms with van der Waals surface area (Å²) >= 11 is 0. The highest BCUT2D eigenvalue weighted by molar-refractivity contribution is 6.08. The number of anilines is 1. The number of hydrogen-bond acceptors (Lipinski definition) is 4. The number of aliphatic carboxylic acids is 1. The molecule has 0 unspecified atom stereocenters. The van der Waals surface area contributed by atoms with Gasteiger partial charge in [-0.25, -0.2) is 0 Å². The molecule has 6 heteroatoms. The Hall–Kier alpha value is -3.80. The first-order valence-electron chi connectivity index (χ1n) is 9.50. The van der Waals surface area contributed by atoms with Crippen LogP contribution in [0.1, 0.15) is 18.9 Å². The highest BCUT2D eigenvalue weighted by Gasteiger charge is 2.37. The monoisotopic (exact) mass is 403 g/mol. The fourth-order valence-electron chi connectivity index (χ4n) is 3.64. The number of benzene rings is 3. The van der Waals surface area contributed by atoms with E-state index >= 15 is 0 Å². The minimum Gasteiger partial charge on any atom is -0.495 e. The number of furan rings is 1. The fraction of sp³-hybridized carbons (Fsp3) is 0.167. The molecule has 1 amide bonds. The molecule has 1 atom stereocenters. The van der Waals surface area contributed by atoms with Crippen LogP contribution in [0.5, 0.6) is 5.75 Å². The van der Waals surface area contributed by atoms with Crippen LogP contribution in [0.2, 0.25) is 0 Å². The van der Waals surface area contributed by atoms with Crippen LogP contribution in [0, 0.1) is 0 Å². The Morgan fingerprint density at radius 2 is 1.70 bits per heavy atom. The van der Waals surface area contributed by atoms with E-state index in [1.54, 1.807) is 43.3 Å². The quantitative estimate of drug-likeness (QED) is 0.475. The van der Waals surface area contributed by atoms with Crippen molar-refractivity contribution in [1.82, 2.24) is 0 Å². The summed E-state index contributed by atoms with van der Waals surface area (Å²) in [5, 5.41) is 14.4. The van der Waals surface area contributed by atoms with Gasteiger partial charge in [0.05, 0.1) is 18.2 Å². The topological polar surface area (TPSA) is 88.8 Å². The van der Waals surface area contributed by atoms with Crippen molar-refractivity contribution in [2.45, 2.75) is 18.8 Å². The van der Waals surface area contributed by atoms with Crippen LogP contribution in [0.4, 0.5) is 5.69 Å². The highest BCUT2D eigenvalue weighted by Crippen LogP contribution is 2.37. The lowest BCUT2D eigenvalue weighted by Crippen LogP contribution is -2.36. The van der Waals surface area contributed by atoms with Gasteiger partial charge in [-0.05, 0) is 24.6 Å². The van der Waals surface area contributed by atoms with Crippen LogP contribution >= 0.6 is 0 Å². The van der Waals surface area contributed by atoms with Crippen molar-refractivity contribution in [3.05, 3.63) is 72.3 Å². The number of nitrogens with one attached hydrogen (secondary N) is 1. The van der Waals surface area contributed by atoms with E-state index in [0.717, 1.165) is 16.4 Å². The van der Waals surface area contributed by atoms with Crippen molar-refractivity contribution in [2.75, 3.05) is 12.4 Å². The number of para-hydroxylation sites is 1. The Morgan fingerprint density at radius 3 is 2.40 bits per heavy atom. The summed E-state index contributed by atoms with van der Waals surface area (Å²) in [4.78, 5) is 24.8. The van der Waals surface area contributed by atoms with Gasteiger partial charge in [-0.2, -0.15) is 0 Å². The van der Waals surface area contributed by atoms with Gasteiger partial charge in [-0.15, -0.1) is 0 Å². The van der Waals surface area contributed by atoms with Crippen LogP contribution in [-0.4, -0.2) is 24.1 Å². The number of hydrogen-bond donors (Lipinski definition) is 2. The molecular weight excluding hydrogens is 382 g/mol. The molecule has 0 aliphatic carbocycles. The summed E-state index contributed by atoms with van der Waals surface area (Å²) in [6.45, 7) is 1.55. The molecule has 0 aliphatic rings. The second-order valence-electron chi connectivity index (χ2n) is 7.38. The molecule has 0 spiro atoms. The summed E-state index contributed by atoms with van der Waals surface area (Å²) in [6.07, 6.45) is -0.229. The lowest BCUT2D eigenvalue weighted by molar-refractivity contribution is -0.145. The molecule has 0 saturated heterocycles. The van der Waals surface area contributed by atoms with Crippen LogP contribution < -0.4 is 10.1 Å². The molecule has 4 rings (SSSR count). The van der Waals surface area contributed by atoms with Gasteiger partial charge in [0.2, 0.25) is 5.91 Å². The second-order valence-corrected chi connectivity index (χ2v) is 7.38. The molecule has 0 fully saturated rings. The number of amides is 1. The molecular formula is C24H21NO5. The molecule has 2 N–H and O–H groups in total. The number of carboxylic acids is 1. The van der Waals surface area contributed by atoms with Crippen LogP contribution in [0.3, 0.4) is 0 Å². The maximum atomic E-state index is 12.8. The van der Waals surface area contributed by atoms with Crippen molar-refractivity contribution >= 4 is 39.5 Å². The standard InChI is InChI=1S/C24H21NO5/c1-24(23(27)28,15-8-4-3-5-9-15)14-22(26)25-18-13-20-17(12-21(18)29-2)16-10-6-7-11-19(16)30-20/h3-13H,14H2,1-2H3,(H,25,26)(H,27,28)/t24-/m0/s1. The third-order valence-corrected chi connectivity index (χ3v) is 5.37. The fourth-order valence-corrected chi connectivity index (χ4v) is 3.64. The van der Waals surface area contributed by atoms with Gasteiger partial charge < -0.3 is 19.6 Å². The Kier molecular flexibility index (Phi) is 4.91. The molecule has 1 aromatic heterocycles. The Labute approximate surface area is 173 Å². The van der Waals surface area contributed by atoms with Crippen molar-refractivity contribution < 1.29 is 23.8 Å². The van der Waals surface area contributed by atoms with E-state index in [-0.39, 0.29) is 6.42 Å². The molecule has 6 nitrogen and oxygen atoms in total. The highest BCUT2D eigenvalue weighted by atomic mass is 16.5. The van der Waals surface area contributed by atoms with E-state index in [1.165, 1.54) is 7.11 Å². The Balaban J connectivity index is 1.66. The maximum Gasteiger partial charge on any atom is 0.314 e. The first kappa shape index (κ1) is 19.5. The SMILES string of the molecule is COc1cc2c(cc1NC(=O)C[C@](C)(C(=O)O)c1ccccc1)oc1ccccc12. The summed E-state index contributed by atoms with van der Waals surface area (Å²) in [5.41, 5.74) is 0.973. The van der Waals surface area contributed by atoms with Crippen LogP contribution in [-0.2, 0) is 15.0 Å². The molecule has 30 heavy (non-hydrogen) atoms. The number of ether oxygens (including phenoxy) is 1. The third kappa shape index (κ3) is 3.37. The molecule has 4 aromatic rings. The second kappa shape index (κ2) is 7.55. The predicted molar refractivity (Wildman–Crippen MR) is 115 cm³/mol. The van der Waals surface area contributed by atoms with Crippen molar-refractivity contribution in [3.8, 4) is 5.75 Å². The molecule has 0 bridgehead atoms. The van der Waals surface area contributed by atoms with Gasteiger partial charge in [0.25, 0.3) is 0 Å². The van der Waals surface area contributed by atoms with Crippen molar-refractivity contribution in [2.24, 2.45) is 0 Å². The zero-order valence-corrected chi connectivity index (χ0v) is 16.6. The van der Waals surface area contributed by atoms with Crippen LogP contribution in [0.15, 0.2) is 71.1 Å². The summed E-state index contributed by atoms with van der Waals surface area (Å²) in [5.74, 6) is -1.03. The lowest BCUT2D eigenvalue weighted by Gasteiger charge is -2.25. The first-order chi connectivity index (χ1) is 14.4. The van der Waals surface area contributed by atoms with E-state index in [0.29, 0.717) is 22.6 Å². The summed E-state index contributed by atoms with van der Waals surface area (Å²) in [7, 11) is 1.52. The van der Waals surface area contributed by atoms with Gasteiger partial charge in [0.15, 0.2) is 0 Å². The zero-order valence-electron chi connectivity index (χ0n) is 16.6. The predicted octanol–water partition coefficient (Wildman–Crippen LogP) is 4.97. The molecule has 0 saturated carbocycles. The molecule has 3 aromatic carbocycles. The first-order valence-corrected chi connectivity index (χ1v) is 9.50. The lowest BCUT2D eigenvalue weighted by atomic mass is 9.79. The smallest absolute Gasteiger partial charge is 0.314 e. The molecule has 0 aliphatic heterocycles. The maximum absolute atomic E-state index is 12.8. The number of carbonyl (C=O) groups is 2. The van der Waals surface area contributed by atoms with Gasteiger partial charge in [-0.3, -0.25) is 9.59 Å². The third-order valence-electron chi connectivity index (χ3n) is 5.37. The zero-order chi connectivity index (χ0) is 21.3. The minimum absolute atomic E-state index is 0.229. The van der Waals surface area contributed by atoms with Gasteiger partial charge in [0, 0.05) is 23.3 Å². The Bertz CT molecular complexity index is 1240. The van der Waals surface area contributed by atoms with E-state index in [4.69, 9.17) is 9.15 Å². The van der Waals surface area contributed by atoms with Crippen molar-refractivity contribution in [3.63, 3.8) is 0 Å². The molecule has 1 heterocycles. The number of methoxy groups -OCH3 is 1. The number of fused-ring (bicyclic) bond motifs is 3. The molecule has 0 radical (unpaired) electrons. The average molecular weight is 403 g/mol. The van der Waals surface area contributed by atoms with E-state index < -0.39 is 17.3 Å². The number of carboxylic acid groups (broad SMARTS) is 1. The van der Waals surface area contributed by atoms with Gasteiger partial charge in [0.1, 0.15) is 16.9 Å². The average Bonchev–Trinajstić information content (AvgIpc) is 3.10. The number of rotatable bonds is 6. The van der Waals surface area contributed by atoms with Gasteiger partial charge >= 0.3 is 5.97 Å². The van der Waals surface area contributed by atoms with E-state index in [2.05, 4.69) is 5.32 Å². The summed E-state index contributed by atoms with van der Waals surface area (Å²) < 4.78 is 11.3. The largest absolute Gasteiger partial charge is 0.495 e.